The first kappa shape index (κ1) is 28.9. The number of aliphatic hydroxyl groups excluding tert-OH is 1. The largest absolute Gasteiger partial charge is 0.466 e. The normalized spacial score (nSPS) is 31.3. The predicted octanol–water partition coefficient (Wildman–Crippen LogP) is 3.97. The van der Waals surface area contributed by atoms with E-state index in [9.17, 15) is 19.5 Å². The molecular formula is C30H44N2O5S. The predicted molar refractivity (Wildman–Crippen MR) is 150 cm³/mol. The third-order valence-corrected chi connectivity index (χ3v) is 10.3. The maximum absolute atomic E-state index is 14.3. The fourth-order valence-electron chi connectivity index (χ4n) is 7.56. The van der Waals surface area contributed by atoms with Gasteiger partial charge in [-0.3, -0.25) is 14.4 Å². The smallest absolute Gasteiger partial charge is 0.311 e. The quantitative estimate of drug-likeness (QED) is 0.457. The number of carbonyl (C=O) groups excluding carboxylic acids is 3. The number of nitrogens with zero attached hydrogens (tertiary/aromatic N) is 1. The average Bonchev–Trinajstić information content (AvgIpc) is 3.37. The van der Waals surface area contributed by atoms with E-state index in [1.807, 2.05) is 51.1 Å². The first-order valence-electron chi connectivity index (χ1n) is 13.8. The Balaban J connectivity index is 1.77. The van der Waals surface area contributed by atoms with Gasteiger partial charge in [0, 0.05) is 10.3 Å². The van der Waals surface area contributed by atoms with Crippen LogP contribution in [0.3, 0.4) is 0 Å². The molecule has 2 N–H and O–H groups in total. The number of nitrogens with one attached hydrogen (secondary N) is 1. The van der Waals surface area contributed by atoms with Crippen LogP contribution in [0.2, 0.25) is 0 Å². The molecule has 0 aliphatic carbocycles. The van der Waals surface area contributed by atoms with E-state index < -0.39 is 39.0 Å². The molecule has 3 fully saturated rings. The second-order valence-electron chi connectivity index (χ2n) is 13.4. The Kier molecular flexibility index (Phi) is 7.74. The van der Waals surface area contributed by atoms with Gasteiger partial charge in [-0.25, -0.2) is 0 Å². The van der Waals surface area contributed by atoms with Crippen molar-refractivity contribution in [2.45, 2.75) is 101 Å². The van der Waals surface area contributed by atoms with E-state index in [0.29, 0.717) is 12.8 Å². The molecule has 0 aromatic heterocycles. The summed E-state index contributed by atoms with van der Waals surface area (Å²) in [5, 5.41) is 13.8. The van der Waals surface area contributed by atoms with Crippen LogP contribution >= 0.6 is 11.8 Å². The number of likely N-dealkylation sites (tertiary alicyclic amines) is 1. The topological polar surface area (TPSA) is 95.9 Å². The minimum atomic E-state index is -0.786. The third kappa shape index (κ3) is 5.10. The first-order chi connectivity index (χ1) is 17.7. The Morgan fingerprint density at radius 3 is 2.42 bits per heavy atom. The summed E-state index contributed by atoms with van der Waals surface area (Å²) in [4.78, 5) is 43.5. The summed E-state index contributed by atoms with van der Waals surface area (Å²) in [6.45, 7) is 14.2. The molecule has 3 saturated heterocycles. The molecule has 2 amide bonds. The molecule has 0 saturated carbocycles. The van der Waals surface area contributed by atoms with Gasteiger partial charge in [-0.2, -0.15) is 0 Å². The Hall–Kier alpha value is -2.06. The minimum Gasteiger partial charge on any atom is -0.466 e. The molecule has 38 heavy (non-hydrogen) atoms. The van der Waals surface area contributed by atoms with Crippen LogP contribution in [0.15, 0.2) is 30.3 Å². The number of aliphatic hydroxyl groups is 1. The number of thioether (sulfide) groups is 1. The Morgan fingerprint density at radius 1 is 1.18 bits per heavy atom. The third-order valence-electron chi connectivity index (χ3n) is 8.36. The Bertz CT molecular complexity index is 1070. The van der Waals surface area contributed by atoms with Crippen LogP contribution < -0.4 is 5.32 Å². The van der Waals surface area contributed by atoms with Crippen molar-refractivity contribution in [1.82, 2.24) is 10.2 Å². The van der Waals surface area contributed by atoms with E-state index in [2.05, 4.69) is 26.1 Å². The SMILES string of the molecule is CCOC(=O)[C@H]1[C@H]2C(=O)N([C@@H](CO)Cc3ccccc3)C(C(=O)NC(C)(C)CC(C)(C)C)C23CC[C@]1(C)S3. The lowest BCUT2D eigenvalue weighted by molar-refractivity contribution is -0.155. The molecule has 4 rings (SSSR count). The lowest BCUT2D eigenvalue weighted by atomic mass is 9.66. The molecule has 7 nitrogen and oxygen atoms in total. The molecule has 1 aromatic rings. The van der Waals surface area contributed by atoms with Gasteiger partial charge in [-0.15, -0.1) is 11.8 Å². The number of hydrogen-bond donors (Lipinski definition) is 2. The van der Waals surface area contributed by atoms with Gasteiger partial charge in [0.25, 0.3) is 0 Å². The fraction of sp³-hybridized carbons (Fsp3) is 0.700. The van der Waals surface area contributed by atoms with E-state index in [1.54, 1.807) is 23.6 Å². The van der Waals surface area contributed by atoms with Gasteiger partial charge in [0.1, 0.15) is 6.04 Å². The molecule has 3 aliphatic rings. The number of hydrogen-bond acceptors (Lipinski definition) is 6. The summed E-state index contributed by atoms with van der Waals surface area (Å²) in [5.74, 6) is -2.06. The van der Waals surface area contributed by atoms with Crippen molar-refractivity contribution < 1.29 is 24.2 Å². The molecule has 1 spiro atoms. The molecular weight excluding hydrogens is 500 g/mol. The summed E-state index contributed by atoms with van der Waals surface area (Å²) < 4.78 is 4.27. The highest BCUT2D eigenvalue weighted by Crippen LogP contribution is 2.71. The number of benzene rings is 1. The lowest BCUT2D eigenvalue weighted by Gasteiger charge is -2.40. The van der Waals surface area contributed by atoms with Gasteiger partial charge in [-0.1, -0.05) is 51.1 Å². The van der Waals surface area contributed by atoms with Crippen molar-refractivity contribution in [2.75, 3.05) is 13.2 Å². The number of carbonyl (C=O) groups is 3. The molecule has 210 valence electrons. The second kappa shape index (κ2) is 10.2. The van der Waals surface area contributed by atoms with Crippen molar-refractivity contribution in [1.29, 1.82) is 0 Å². The van der Waals surface area contributed by atoms with Crippen molar-refractivity contribution >= 4 is 29.5 Å². The fourth-order valence-corrected chi connectivity index (χ4v) is 9.89. The highest BCUT2D eigenvalue weighted by molar-refractivity contribution is 8.02. The van der Waals surface area contributed by atoms with E-state index in [4.69, 9.17) is 4.74 Å². The van der Waals surface area contributed by atoms with E-state index in [-0.39, 0.29) is 36.4 Å². The van der Waals surface area contributed by atoms with Gasteiger partial charge in [-0.05, 0) is 64.4 Å². The van der Waals surface area contributed by atoms with E-state index in [1.165, 1.54) is 0 Å². The standard InChI is InChI=1S/C30H44N2O5S/c1-8-37-26(36)22-21-25(35)32(20(17-33)16-19-12-10-9-11-13-19)23(30(21)15-14-29(22,7)38-30)24(34)31-28(5,6)18-27(2,3)4/h9-13,20-23,33H,8,14-18H2,1-7H3,(H,31,34)/t20-,21+,22-,23?,29+,30?/m1/s1. The second-order valence-corrected chi connectivity index (χ2v) is 15.3. The summed E-state index contributed by atoms with van der Waals surface area (Å²) >= 11 is 1.63. The number of esters is 1. The summed E-state index contributed by atoms with van der Waals surface area (Å²) in [6, 6.07) is 8.34. The van der Waals surface area contributed by atoms with Gasteiger partial charge in [0.05, 0.1) is 35.8 Å². The van der Waals surface area contributed by atoms with E-state index >= 15 is 0 Å². The average molecular weight is 545 g/mol. The van der Waals surface area contributed by atoms with Crippen LogP contribution in [0.5, 0.6) is 0 Å². The molecule has 0 radical (unpaired) electrons. The zero-order chi connectivity index (χ0) is 28.1. The highest BCUT2D eigenvalue weighted by atomic mass is 32.2. The molecule has 6 atom stereocenters. The Morgan fingerprint density at radius 2 is 1.84 bits per heavy atom. The first-order valence-corrected chi connectivity index (χ1v) is 14.7. The van der Waals surface area contributed by atoms with E-state index in [0.717, 1.165) is 18.4 Å². The molecule has 2 bridgehead atoms. The number of fused-ring (bicyclic) bond motifs is 1. The molecule has 3 heterocycles. The monoisotopic (exact) mass is 544 g/mol. The van der Waals surface area contributed by atoms with Crippen molar-refractivity contribution in [3.8, 4) is 0 Å². The molecule has 1 aromatic carbocycles. The number of amides is 2. The van der Waals surface area contributed by atoms with Crippen molar-refractivity contribution in [3.05, 3.63) is 35.9 Å². The van der Waals surface area contributed by atoms with Crippen LogP contribution in [-0.2, 0) is 25.5 Å². The number of ether oxygens (including phenoxy) is 1. The molecule has 8 heteroatoms. The summed E-state index contributed by atoms with van der Waals surface area (Å²) in [7, 11) is 0. The van der Waals surface area contributed by atoms with Crippen LogP contribution in [0.1, 0.15) is 73.3 Å². The van der Waals surface area contributed by atoms with Gasteiger partial charge in [0.15, 0.2) is 0 Å². The maximum atomic E-state index is 14.3. The van der Waals surface area contributed by atoms with Crippen molar-refractivity contribution in [2.24, 2.45) is 17.3 Å². The number of rotatable bonds is 9. The summed E-state index contributed by atoms with van der Waals surface area (Å²) in [5.41, 5.74) is 0.470. The van der Waals surface area contributed by atoms with Crippen LogP contribution in [-0.4, -0.2) is 68.1 Å². The molecule has 2 unspecified atom stereocenters. The highest BCUT2D eigenvalue weighted by Gasteiger charge is 2.78. The van der Waals surface area contributed by atoms with Crippen molar-refractivity contribution in [3.63, 3.8) is 0 Å². The maximum Gasteiger partial charge on any atom is 0.311 e. The van der Waals surface area contributed by atoms with Crippen LogP contribution in [0.25, 0.3) is 0 Å². The zero-order valence-electron chi connectivity index (χ0n) is 23.9. The van der Waals surface area contributed by atoms with Crippen LogP contribution in [0.4, 0.5) is 0 Å². The summed E-state index contributed by atoms with van der Waals surface area (Å²) in [6.07, 6.45) is 2.58. The Labute approximate surface area is 231 Å². The van der Waals surface area contributed by atoms with Gasteiger partial charge >= 0.3 is 5.97 Å². The lowest BCUT2D eigenvalue weighted by Crippen LogP contribution is -2.60. The minimum absolute atomic E-state index is 0.00717. The van der Waals surface area contributed by atoms with Crippen LogP contribution in [0, 0.1) is 17.3 Å². The molecule has 3 aliphatic heterocycles. The zero-order valence-corrected chi connectivity index (χ0v) is 24.7. The van der Waals surface area contributed by atoms with Gasteiger partial charge in [0.2, 0.25) is 11.8 Å². The van der Waals surface area contributed by atoms with Gasteiger partial charge < -0.3 is 20.1 Å².